The summed E-state index contributed by atoms with van der Waals surface area (Å²) >= 11 is 1.57. The average Bonchev–Trinajstić information content (AvgIpc) is 3.11. The van der Waals surface area contributed by atoms with Crippen molar-refractivity contribution in [2.75, 3.05) is 63.3 Å². The van der Waals surface area contributed by atoms with Crippen molar-refractivity contribution in [2.24, 2.45) is 0 Å². The molecule has 0 bridgehead atoms. The van der Waals surface area contributed by atoms with Gasteiger partial charge in [0.05, 0.1) is 30.8 Å². The summed E-state index contributed by atoms with van der Waals surface area (Å²) < 4.78 is 16.7. The van der Waals surface area contributed by atoms with E-state index in [1.807, 2.05) is 59.5 Å². The molecule has 1 amide bonds. The first-order valence-corrected chi connectivity index (χ1v) is 15.3. The lowest BCUT2D eigenvalue weighted by Gasteiger charge is -2.37. The summed E-state index contributed by atoms with van der Waals surface area (Å²) in [4.78, 5) is 34.0. The lowest BCUT2D eigenvalue weighted by molar-refractivity contribution is -0.152. The maximum Gasteiger partial charge on any atom is 0.303 e. The second-order valence-electron chi connectivity index (χ2n) is 10.7. The first-order chi connectivity index (χ1) is 20.4. The number of esters is 1. The molecule has 9 heteroatoms. The van der Waals surface area contributed by atoms with Crippen LogP contribution in [0.1, 0.15) is 29.7 Å². The van der Waals surface area contributed by atoms with E-state index in [1.54, 1.807) is 26.0 Å². The Morgan fingerprint density at radius 2 is 1.64 bits per heavy atom. The third kappa shape index (κ3) is 6.68. The van der Waals surface area contributed by atoms with Gasteiger partial charge in [-0.25, -0.2) is 0 Å². The maximum atomic E-state index is 14.2. The van der Waals surface area contributed by atoms with Gasteiger partial charge in [-0.05, 0) is 67.4 Å². The van der Waals surface area contributed by atoms with Crippen LogP contribution in [0.3, 0.4) is 0 Å². The predicted octanol–water partition coefficient (Wildman–Crippen LogP) is 5.34. The molecule has 1 unspecified atom stereocenters. The molecule has 2 aliphatic heterocycles. The van der Waals surface area contributed by atoms with Crippen molar-refractivity contribution in [3.63, 3.8) is 0 Å². The fourth-order valence-electron chi connectivity index (χ4n) is 5.65. The van der Waals surface area contributed by atoms with Crippen molar-refractivity contribution >= 4 is 35.0 Å². The van der Waals surface area contributed by atoms with Gasteiger partial charge in [0.2, 0.25) is 0 Å². The van der Waals surface area contributed by atoms with Gasteiger partial charge in [-0.2, -0.15) is 0 Å². The number of carbonyl (C=O) groups is 2. The quantitative estimate of drug-likeness (QED) is 0.310. The van der Waals surface area contributed by atoms with Crippen LogP contribution in [0, 0.1) is 6.92 Å². The van der Waals surface area contributed by atoms with E-state index in [2.05, 4.69) is 28.9 Å². The SMILES string of the molecule is COc1ccc([C@@H]2Sc3cc(C)ccc3N(CCCN3CCN(c4ccccc4OC)CC3)C(=O)C2OC(C)=O)cc1. The van der Waals surface area contributed by atoms with Crippen LogP contribution in [-0.2, 0) is 14.3 Å². The summed E-state index contributed by atoms with van der Waals surface area (Å²) in [6.07, 6.45) is -0.142. The first kappa shape index (κ1) is 29.8. The summed E-state index contributed by atoms with van der Waals surface area (Å²) in [7, 11) is 3.33. The highest BCUT2D eigenvalue weighted by atomic mass is 32.2. The number of para-hydroxylation sites is 2. The van der Waals surface area contributed by atoms with Gasteiger partial charge in [0.15, 0.2) is 6.10 Å². The second kappa shape index (κ2) is 13.5. The third-order valence-electron chi connectivity index (χ3n) is 7.84. The Balaban J connectivity index is 1.31. The first-order valence-electron chi connectivity index (χ1n) is 14.4. The monoisotopic (exact) mass is 589 g/mol. The standard InChI is InChI=1S/C33H39N3O5S/c1-23-10-15-28-30(22-23)42-32(25-11-13-26(39-3)14-12-25)31(41-24(2)37)33(38)36(28)17-7-16-34-18-20-35(21-19-34)27-8-5-6-9-29(27)40-4/h5-6,8-15,22,31-32H,7,16-21H2,1-4H3/t31?,32-/m0/s1. The summed E-state index contributed by atoms with van der Waals surface area (Å²) in [5, 5.41) is -0.388. The number of methoxy groups -OCH3 is 2. The van der Waals surface area contributed by atoms with Crippen LogP contribution in [0.15, 0.2) is 71.6 Å². The zero-order chi connectivity index (χ0) is 29.6. The molecule has 1 saturated heterocycles. The van der Waals surface area contributed by atoms with Gasteiger partial charge in [0.25, 0.3) is 5.91 Å². The van der Waals surface area contributed by atoms with E-state index >= 15 is 0 Å². The number of carbonyl (C=O) groups excluding carboxylic acids is 2. The average molecular weight is 590 g/mol. The van der Waals surface area contributed by atoms with E-state index in [1.165, 1.54) is 6.92 Å². The molecular formula is C33H39N3O5S. The van der Waals surface area contributed by atoms with Gasteiger partial charge in [0, 0.05) is 44.5 Å². The van der Waals surface area contributed by atoms with Gasteiger partial charge in [0.1, 0.15) is 11.5 Å². The number of aryl methyl sites for hydroxylation is 1. The van der Waals surface area contributed by atoms with Gasteiger partial charge >= 0.3 is 5.97 Å². The summed E-state index contributed by atoms with van der Waals surface area (Å²) in [6, 6.07) is 21.9. The van der Waals surface area contributed by atoms with Crippen molar-refractivity contribution in [3.05, 3.63) is 77.9 Å². The number of hydrogen-bond donors (Lipinski definition) is 0. The molecule has 3 aromatic carbocycles. The van der Waals surface area contributed by atoms with E-state index in [4.69, 9.17) is 14.2 Å². The number of amides is 1. The van der Waals surface area contributed by atoms with Crippen LogP contribution in [0.5, 0.6) is 11.5 Å². The largest absolute Gasteiger partial charge is 0.497 e. The summed E-state index contributed by atoms with van der Waals surface area (Å²) in [6.45, 7) is 8.53. The molecule has 1 fully saturated rings. The highest BCUT2D eigenvalue weighted by Crippen LogP contribution is 2.47. The minimum absolute atomic E-state index is 0.192. The van der Waals surface area contributed by atoms with Crippen molar-refractivity contribution in [1.82, 2.24) is 4.90 Å². The Kier molecular flexibility index (Phi) is 9.59. The van der Waals surface area contributed by atoms with E-state index in [0.29, 0.717) is 6.54 Å². The lowest BCUT2D eigenvalue weighted by Crippen LogP contribution is -2.48. The van der Waals surface area contributed by atoms with Gasteiger partial charge in [-0.1, -0.05) is 30.3 Å². The molecule has 42 heavy (non-hydrogen) atoms. The maximum absolute atomic E-state index is 14.2. The zero-order valence-electron chi connectivity index (χ0n) is 24.7. The molecule has 3 aromatic rings. The topological polar surface area (TPSA) is 71.6 Å². The molecule has 8 nitrogen and oxygen atoms in total. The highest BCUT2D eigenvalue weighted by Gasteiger charge is 2.40. The van der Waals surface area contributed by atoms with Crippen LogP contribution in [0.25, 0.3) is 0 Å². The molecule has 2 aliphatic rings. The number of nitrogens with zero attached hydrogens (tertiary/aromatic N) is 3. The van der Waals surface area contributed by atoms with E-state index in [9.17, 15) is 9.59 Å². The number of rotatable bonds is 9. The van der Waals surface area contributed by atoms with Crippen LogP contribution in [0.2, 0.25) is 0 Å². The molecule has 2 heterocycles. The van der Waals surface area contributed by atoms with Crippen LogP contribution in [0.4, 0.5) is 11.4 Å². The molecule has 0 aromatic heterocycles. The van der Waals surface area contributed by atoms with E-state index in [-0.39, 0.29) is 11.2 Å². The van der Waals surface area contributed by atoms with E-state index in [0.717, 1.165) is 78.0 Å². The molecule has 0 saturated carbocycles. The third-order valence-corrected chi connectivity index (χ3v) is 9.19. The number of ether oxygens (including phenoxy) is 3. The number of anilines is 2. The molecular weight excluding hydrogens is 550 g/mol. The van der Waals surface area contributed by atoms with Crippen molar-refractivity contribution in [3.8, 4) is 11.5 Å². The minimum atomic E-state index is -0.946. The van der Waals surface area contributed by atoms with Crippen molar-refractivity contribution < 1.29 is 23.8 Å². The minimum Gasteiger partial charge on any atom is -0.497 e. The fourth-order valence-corrected chi connectivity index (χ4v) is 7.07. The smallest absolute Gasteiger partial charge is 0.303 e. The molecule has 5 rings (SSSR count). The second-order valence-corrected chi connectivity index (χ2v) is 11.8. The Bertz CT molecular complexity index is 1390. The Labute approximate surface area is 252 Å². The number of fused-ring (bicyclic) bond motifs is 1. The van der Waals surface area contributed by atoms with Crippen molar-refractivity contribution in [1.29, 1.82) is 0 Å². The molecule has 222 valence electrons. The Morgan fingerprint density at radius 1 is 0.905 bits per heavy atom. The van der Waals surface area contributed by atoms with Gasteiger partial charge in [-0.3, -0.25) is 14.5 Å². The molecule has 0 aliphatic carbocycles. The highest BCUT2D eigenvalue weighted by molar-refractivity contribution is 7.99. The van der Waals surface area contributed by atoms with Gasteiger partial charge < -0.3 is 24.0 Å². The number of benzene rings is 3. The van der Waals surface area contributed by atoms with Crippen molar-refractivity contribution in [2.45, 2.75) is 36.5 Å². The molecule has 0 spiro atoms. The van der Waals surface area contributed by atoms with Crippen LogP contribution < -0.4 is 19.3 Å². The Morgan fingerprint density at radius 3 is 2.33 bits per heavy atom. The zero-order valence-corrected chi connectivity index (χ0v) is 25.6. The molecule has 0 radical (unpaired) electrons. The predicted molar refractivity (Wildman–Crippen MR) is 167 cm³/mol. The number of hydrogen-bond acceptors (Lipinski definition) is 8. The van der Waals surface area contributed by atoms with Crippen LogP contribution in [-0.4, -0.2) is 76.4 Å². The Hall–Kier alpha value is -3.69. The molecule has 2 atom stereocenters. The number of thioether (sulfide) groups is 1. The van der Waals surface area contributed by atoms with Gasteiger partial charge in [-0.15, -0.1) is 11.8 Å². The number of piperazine rings is 1. The van der Waals surface area contributed by atoms with Crippen LogP contribution >= 0.6 is 11.8 Å². The normalized spacial score (nSPS) is 19.2. The summed E-state index contributed by atoms with van der Waals surface area (Å²) in [5.41, 5.74) is 4.01. The fraction of sp³-hybridized carbons (Fsp3) is 0.394. The molecule has 0 N–H and O–H groups in total. The van der Waals surface area contributed by atoms with E-state index < -0.39 is 12.1 Å². The lowest BCUT2D eigenvalue weighted by atomic mass is 10.1. The summed E-state index contributed by atoms with van der Waals surface area (Å²) in [5.74, 6) is 0.964.